The van der Waals surface area contributed by atoms with E-state index in [9.17, 15) is 14.7 Å². The van der Waals surface area contributed by atoms with Crippen molar-refractivity contribution >= 4 is 17.6 Å². The molecular formula is C17H20N4O4. The Morgan fingerprint density at radius 2 is 2.08 bits per heavy atom. The molecule has 0 radical (unpaired) electrons. The van der Waals surface area contributed by atoms with E-state index in [4.69, 9.17) is 4.74 Å². The SMILES string of the molecule is Cn1ncc(C(=O)Nc2cccc(CN3CCOCC3)c2)c1C(=O)O. The van der Waals surface area contributed by atoms with Crippen LogP contribution in [0.25, 0.3) is 0 Å². The molecule has 0 aliphatic carbocycles. The summed E-state index contributed by atoms with van der Waals surface area (Å²) in [5.41, 5.74) is 1.59. The lowest BCUT2D eigenvalue weighted by Gasteiger charge is -2.26. The molecule has 1 aromatic heterocycles. The number of morpholine rings is 1. The van der Waals surface area contributed by atoms with Crippen LogP contribution in [0.1, 0.15) is 26.4 Å². The van der Waals surface area contributed by atoms with Crippen molar-refractivity contribution in [3.05, 3.63) is 47.3 Å². The molecular weight excluding hydrogens is 324 g/mol. The number of hydrogen-bond donors (Lipinski definition) is 2. The van der Waals surface area contributed by atoms with Crippen LogP contribution in [0.4, 0.5) is 5.69 Å². The van der Waals surface area contributed by atoms with Crippen molar-refractivity contribution in [2.45, 2.75) is 6.54 Å². The minimum atomic E-state index is -1.19. The number of ether oxygens (including phenoxy) is 1. The zero-order valence-electron chi connectivity index (χ0n) is 13.9. The van der Waals surface area contributed by atoms with Gasteiger partial charge in [0.25, 0.3) is 5.91 Å². The Bertz CT molecular complexity index is 781. The van der Waals surface area contributed by atoms with Crippen LogP contribution in [0, 0.1) is 0 Å². The van der Waals surface area contributed by atoms with Gasteiger partial charge in [-0.2, -0.15) is 5.10 Å². The molecule has 0 unspecified atom stereocenters. The Hall–Kier alpha value is -2.71. The molecule has 8 nitrogen and oxygen atoms in total. The van der Waals surface area contributed by atoms with Crippen LogP contribution < -0.4 is 5.32 Å². The van der Waals surface area contributed by atoms with Crippen LogP contribution in [0.3, 0.4) is 0 Å². The molecule has 0 saturated carbocycles. The monoisotopic (exact) mass is 344 g/mol. The van der Waals surface area contributed by atoms with Gasteiger partial charge >= 0.3 is 5.97 Å². The molecule has 8 heteroatoms. The zero-order valence-corrected chi connectivity index (χ0v) is 13.9. The number of nitrogens with zero attached hydrogens (tertiary/aromatic N) is 3. The van der Waals surface area contributed by atoms with Crippen LogP contribution in [0.15, 0.2) is 30.5 Å². The van der Waals surface area contributed by atoms with Crippen molar-refractivity contribution in [1.29, 1.82) is 0 Å². The predicted molar refractivity (Wildman–Crippen MR) is 90.7 cm³/mol. The van der Waals surface area contributed by atoms with E-state index in [-0.39, 0.29) is 11.3 Å². The molecule has 132 valence electrons. The number of carboxylic acids is 1. The molecule has 2 N–H and O–H groups in total. The first-order chi connectivity index (χ1) is 12.0. The number of aromatic carboxylic acids is 1. The number of amides is 1. The quantitative estimate of drug-likeness (QED) is 0.846. The lowest BCUT2D eigenvalue weighted by atomic mass is 10.1. The number of nitrogens with one attached hydrogen (secondary N) is 1. The Balaban J connectivity index is 1.71. The van der Waals surface area contributed by atoms with E-state index in [0.717, 1.165) is 38.4 Å². The van der Waals surface area contributed by atoms with Gasteiger partial charge in [0, 0.05) is 32.4 Å². The van der Waals surface area contributed by atoms with Crippen molar-refractivity contribution < 1.29 is 19.4 Å². The van der Waals surface area contributed by atoms with Gasteiger partial charge in [0.1, 0.15) is 0 Å². The van der Waals surface area contributed by atoms with Gasteiger partial charge in [0.15, 0.2) is 5.69 Å². The first kappa shape index (κ1) is 17.1. The molecule has 1 amide bonds. The van der Waals surface area contributed by atoms with E-state index in [1.165, 1.54) is 17.9 Å². The van der Waals surface area contributed by atoms with Crippen molar-refractivity contribution in [2.24, 2.45) is 7.05 Å². The summed E-state index contributed by atoms with van der Waals surface area (Å²) in [7, 11) is 1.49. The number of aromatic nitrogens is 2. The Kier molecular flexibility index (Phi) is 5.11. The summed E-state index contributed by atoms with van der Waals surface area (Å²) in [5, 5.41) is 15.8. The van der Waals surface area contributed by atoms with Crippen LogP contribution in [0.2, 0.25) is 0 Å². The third-order valence-electron chi connectivity index (χ3n) is 4.08. The number of benzene rings is 1. The highest BCUT2D eigenvalue weighted by molar-refractivity contribution is 6.09. The number of carbonyl (C=O) groups is 2. The lowest BCUT2D eigenvalue weighted by Crippen LogP contribution is -2.35. The summed E-state index contributed by atoms with van der Waals surface area (Å²) in [4.78, 5) is 26.0. The fourth-order valence-electron chi connectivity index (χ4n) is 2.82. The van der Waals surface area contributed by atoms with E-state index in [1.807, 2.05) is 18.2 Å². The molecule has 0 spiro atoms. The number of hydrogen-bond acceptors (Lipinski definition) is 5. The molecule has 1 aliphatic rings. The Labute approximate surface area is 145 Å². The second kappa shape index (κ2) is 7.45. The third kappa shape index (κ3) is 4.04. The van der Waals surface area contributed by atoms with Gasteiger partial charge in [-0.1, -0.05) is 12.1 Å². The summed E-state index contributed by atoms with van der Waals surface area (Å²) < 4.78 is 6.51. The van der Waals surface area contributed by atoms with Crippen molar-refractivity contribution in [3.63, 3.8) is 0 Å². The van der Waals surface area contributed by atoms with Gasteiger partial charge in [0.2, 0.25) is 0 Å². The summed E-state index contributed by atoms with van der Waals surface area (Å²) in [6.45, 7) is 4.01. The molecule has 1 aliphatic heterocycles. The first-order valence-electron chi connectivity index (χ1n) is 8.00. The van der Waals surface area contributed by atoms with Gasteiger partial charge in [0.05, 0.1) is 25.0 Å². The first-order valence-corrected chi connectivity index (χ1v) is 8.00. The van der Waals surface area contributed by atoms with Gasteiger partial charge in [-0.25, -0.2) is 4.79 Å². The number of aryl methyl sites for hydroxylation is 1. The highest BCUT2D eigenvalue weighted by Crippen LogP contribution is 2.16. The molecule has 1 fully saturated rings. The average Bonchev–Trinajstić information content (AvgIpc) is 2.98. The van der Waals surface area contributed by atoms with E-state index in [1.54, 1.807) is 6.07 Å². The van der Waals surface area contributed by atoms with Crippen LogP contribution in [-0.2, 0) is 18.3 Å². The van der Waals surface area contributed by atoms with Crippen LogP contribution in [-0.4, -0.2) is 58.0 Å². The zero-order chi connectivity index (χ0) is 17.8. The molecule has 25 heavy (non-hydrogen) atoms. The maximum absolute atomic E-state index is 12.4. The molecule has 0 atom stereocenters. The molecule has 1 saturated heterocycles. The van der Waals surface area contributed by atoms with Crippen molar-refractivity contribution in [2.75, 3.05) is 31.6 Å². The number of carbonyl (C=O) groups excluding carboxylic acids is 1. The van der Waals surface area contributed by atoms with Gasteiger partial charge in [-0.3, -0.25) is 14.4 Å². The highest BCUT2D eigenvalue weighted by Gasteiger charge is 2.21. The standard InChI is InChI=1S/C17H20N4O4/c1-20-15(17(23)24)14(10-18-20)16(22)19-13-4-2-3-12(9-13)11-21-5-7-25-8-6-21/h2-4,9-10H,5-8,11H2,1H3,(H,19,22)(H,23,24). The molecule has 3 rings (SSSR count). The third-order valence-corrected chi connectivity index (χ3v) is 4.08. The van der Waals surface area contributed by atoms with Crippen LogP contribution in [0.5, 0.6) is 0 Å². The summed E-state index contributed by atoms with van der Waals surface area (Å²) in [6.07, 6.45) is 1.26. The summed E-state index contributed by atoms with van der Waals surface area (Å²) >= 11 is 0. The minimum Gasteiger partial charge on any atom is -0.477 e. The second-order valence-electron chi connectivity index (χ2n) is 5.88. The molecule has 2 aromatic rings. The van der Waals surface area contributed by atoms with E-state index >= 15 is 0 Å². The van der Waals surface area contributed by atoms with E-state index < -0.39 is 11.9 Å². The van der Waals surface area contributed by atoms with Crippen molar-refractivity contribution in [1.82, 2.24) is 14.7 Å². The molecule has 2 heterocycles. The normalized spacial score (nSPS) is 15.1. The largest absolute Gasteiger partial charge is 0.477 e. The number of carboxylic acid groups (broad SMARTS) is 1. The summed E-state index contributed by atoms with van der Waals surface area (Å²) in [5.74, 6) is -1.68. The fraction of sp³-hybridized carbons (Fsp3) is 0.353. The second-order valence-corrected chi connectivity index (χ2v) is 5.88. The highest BCUT2D eigenvalue weighted by atomic mass is 16.5. The minimum absolute atomic E-state index is 0.0357. The molecule has 0 bridgehead atoms. The lowest BCUT2D eigenvalue weighted by molar-refractivity contribution is 0.0342. The number of rotatable bonds is 5. The maximum atomic E-state index is 12.4. The van der Waals surface area contributed by atoms with Gasteiger partial charge in [-0.15, -0.1) is 0 Å². The van der Waals surface area contributed by atoms with E-state index in [0.29, 0.717) is 5.69 Å². The summed E-state index contributed by atoms with van der Waals surface area (Å²) in [6, 6.07) is 7.53. The Morgan fingerprint density at radius 3 is 2.80 bits per heavy atom. The Morgan fingerprint density at radius 1 is 1.32 bits per heavy atom. The maximum Gasteiger partial charge on any atom is 0.354 e. The smallest absolute Gasteiger partial charge is 0.354 e. The van der Waals surface area contributed by atoms with Crippen molar-refractivity contribution in [3.8, 4) is 0 Å². The number of anilines is 1. The van der Waals surface area contributed by atoms with Crippen LogP contribution >= 0.6 is 0 Å². The fourth-order valence-corrected chi connectivity index (χ4v) is 2.82. The van der Waals surface area contributed by atoms with E-state index in [2.05, 4.69) is 15.3 Å². The predicted octanol–water partition coefficient (Wildman–Crippen LogP) is 1.20. The van der Waals surface area contributed by atoms with Gasteiger partial charge < -0.3 is 15.2 Å². The van der Waals surface area contributed by atoms with Gasteiger partial charge in [-0.05, 0) is 17.7 Å². The average molecular weight is 344 g/mol. The topological polar surface area (TPSA) is 96.7 Å². The molecule has 1 aromatic carbocycles.